The van der Waals surface area contributed by atoms with Crippen LogP contribution in [0.15, 0.2) is 42.5 Å². The second-order valence-electron chi connectivity index (χ2n) is 4.27. The van der Waals surface area contributed by atoms with Gasteiger partial charge in [-0.25, -0.2) is 0 Å². The highest BCUT2D eigenvalue weighted by Gasteiger charge is 2.07. The number of rotatable bonds is 4. The van der Waals surface area contributed by atoms with Crippen molar-refractivity contribution in [2.45, 2.75) is 6.92 Å². The second kappa shape index (κ2) is 6.64. The molecule has 0 saturated carbocycles. The monoisotopic (exact) mass is 309 g/mol. The first-order valence-corrected chi connectivity index (χ1v) is 6.74. The van der Waals surface area contributed by atoms with Gasteiger partial charge < -0.3 is 10.1 Å². The highest BCUT2D eigenvalue weighted by atomic mass is 35.5. The second-order valence-corrected chi connectivity index (χ2v) is 5.12. The number of anilines is 1. The van der Waals surface area contributed by atoms with Crippen molar-refractivity contribution in [1.82, 2.24) is 0 Å². The highest BCUT2D eigenvalue weighted by molar-refractivity contribution is 6.36. The molecule has 1 N–H and O–H groups in total. The van der Waals surface area contributed by atoms with Crippen LogP contribution in [0.25, 0.3) is 0 Å². The Morgan fingerprint density at radius 3 is 2.50 bits per heavy atom. The normalized spacial score (nSPS) is 10.2. The summed E-state index contributed by atoms with van der Waals surface area (Å²) < 4.78 is 5.38. The largest absolute Gasteiger partial charge is 0.484 e. The van der Waals surface area contributed by atoms with Crippen LogP contribution in [0.3, 0.4) is 0 Å². The maximum absolute atomic E-state index is 11.8. The number of halogens is 2. The summed E-state index contributed by atoms with van der Waals surface area (Å²) in [4.78, 5) is 11.8. The summed E-state index contributed by atoms with van der Waals surface area (Å²) in [6.45, 7) is 1.90. The Hall–Kier alpha value is -1.71. The lowest BCUT2D eigenvalue weighted by molar-refractivity contribution is -0.118. The van der Waals surface area contributed by atoms with Crippen LogP contribution in [0.5, 0.6) is 5.75 Å². The van der Waals surface area contributed by atoms with Crippen molar-refractivity contribution in [3.63, 3.8) is 0 Å². The van der Waals surface area contributed by atoms with E-state index in [1.807, 2.05) is 31.2 Å². The molecule has 2 aromatic rings. The Balaban J connectivity index is 1.90. The van der Waals surface area contributed by atoms with Gasteiger partial charge in [-0.2, -0.15) is 0 Å². The molecule has 0 bridgehead atoms. The molecule has 0 aliphatic rings. The molecule has 0 fully saturated rings. The Bertz CT molecular complexity index is 612. The molecule has 0 radical (unpaired) electrons. The van der Waals surface area contributed by atoms with Crippen molar-refractivity contribution in [1.29, 1.82) is 0 Å². The number of hydrogen-bond acceptors (Lipinski definition) is 2. The van der Waals surface area contributed by atoms with Gasteiger partial charge in [-0.3, -0.25) is 4.79 Å². The molecule has 0 saturated heterocycles. The summed E-state index contributed by atoms with van der Waals surface area (Å²) in [6.07, 6.45) is 0. The summed E-state index contributed by atoms with van der Waals surface area (Å²) >= 11 is 11.8. The molecule has 0 unspecified atom stereocenters. The molecule has 0 aliphatic heterocycles. The molecule has 2 rings (SSSR count). The summed E-state index contributed by atoms with van der Waals surface area (Å²) in [5, 5.41) is 3.57. The van der Waals surface area contributed by atoms with E-state index >= 15 is 0 Å². The molecule has 0 aromatic heterocycles. The molecule has 20 heavy (non-hydrogen) atoms. The van der Waals surface area contributed by atoms with E-state index in [9.17, 15) is 4.79 Å². The van der Waals surface area contributed by atoms with E-state index in [-0.39, 0.29) is 12.5 Å². The van der Waals surface area contributed by atoms with E-state index in [1.165, 1.54) is 0 Å². The molecule has 0 aliphatic carbocycles. The van der Waals surface area contributed by atoms with Crippen LogP contribution in [0.4, 0.5) is 5.69 Å². The number of ether oxygens (including phenoxy) is 1. The topological polar surface area (TPSA) is 38.3 Å². The lowest BCUT2D eigenvalue weighted by atomic mass is 10.2. The van der Waals surface area contributed by atoms with Crippen LogP contribution in [0.1, 0.15) is 5.56 Å². The number of nitrogens with one attached hydrogen (secondary N) is 1. The number of carbonyl (C=O) groups excluding carboxylic acids is 1. The van der Waals surface area contributed by atoms with Crippen molar-refractivity contribution < 1.29 is 9.53 Å². The van der Waals surface area contributed by atoms with Crippen LogP contribution in [-0.4, -0.2) is 12.5 Å². The summed E-state index contributed by atoms with van der Waals surface area (Å²) in [5.41, 5.74) is 1.64. The van der Waals surface area contributed by atoms with Crippen molar-refractivity contribution in [2.75, 3.05) is 11.9 Å². The minimum atomic E-state index is -0.283. The molecule has 1 amide bonds. The number of benzene rings is 2. The standard InChI is InChI=1S/C15H13Cl2NO2/c1-10-2-5-12(6-3-10)20-9-15(19)18-14-7-4-11(16)8-13(14)17/h2-8H,9H2,1H3,(H,18,19). The van der Waals surface area contributed by atoms with Crippen molar-refractivity contribution in [3.05, 3.63) is 58.1 Å². The molecule has 5 heteroatoms. The van der Waals surface area contributed by atoms with Gasteiger partial charge in [-0.05, 0) is 37.3 Å². The number of carbonyl (C=O) groups is 1. The Kier molecular flexibility index (Phi) is 4.88. The van der Waals surface area contributed by atoms with E-state index < -0.39 is 0 Å². The predicted molar refractivity (Wildman–Crippen MR) is 81.8 cm³/mol. The van der Waals surface area contributed by atoms with E-state index in [0.717, 1.165) is 5.56 Å². The third-order valence-electron chi connectivity index (χ3n) is 2.60. The van der Waals surface area contributed by atoms with Gasteiger partial charge in [0.15, 0.2) is 6.61 Å². The van der Waals surface area contributed by atoms with Gasteiger partial charge in [0, 0.05) is 5.02 Å². The fraction of sp³-hybridized carbons (Fsp3) is 0.133. The van der Waals surface area contributed by atoms with Crippen molar-refractivity contribution in [3.8, 4) is 5.75 Å². The average molecular weight is 310 g/mol. The Morgan fingerprint density at radius 1 is 1.15 bits per heavy atom. The van der Waals surface area contributed by atoms with Gasteiger partial charge in [-0.15, -0.1) is 0 Å². The third kappa shape index (κ3) is 4.15. The summed E-state index contributed by atoms with van der Waals surface area (Å²) in [5.74, 6) is 0.364. The zero-order valence-corrected chi connectivity index (χ0v) is 12.3. The van der Waals surface area contributed by atoms with E-state index in [4.69, 9.17) is 27.9 Å². The number of hydrogen-bond donors (Lipinski definition) is 1. The lowest BCUT2D eigenvalue weighted by Crippen LogP contribution is -2.20. The van der Waals surface area contributed by atoms with E-state index in [1.54, 1.807) is 18.2 Å². The molecule has 0 spiro atoms. The first-order valence-electron chi connectivity index (χ1n) is 5.99. The van der Waals surface area contributed by atoms with Crippen LogP contribution in [0, 0.1) is 6.92 Å². The summed E-state index contributed by atoms with van der Waals surface area (Å²) in [6, 6.07) is 12.3. The van der Waals surface area contributed by atoms with Gasteiger partial charge in [0.1, 0.15) is 5.75 Å². The van der Waals surface area contributed by atoms with Gasteiger partial charge in [-0.1, -0.05) is 40.9 Å². The molecular weight excluding hydrogens is 297 g/mol. The average Bonchev–Trinajstić information content (AvgIpc) is 2.41. The van der Waals surface area contributed by atoms with E-state index in [0.29, 0.717) is 21.5 Å². The van der Waals surface area contributed by atoms with Gasteiger partial charge in [0.25, 0.3) is 5.91 Å². The molecular formula is C15H13Cl2NO2. The smallest absolute Gasteiger partial charge is 0.262 e. The molecule has 0 heterocycles. The Morgan fingerprint density at radius 2 is 1.85 bits per heavy atom. The fourth-order valence-corrected chi connectivity index (χ4v) is 2.02. The minimum absolute atomic E-state index is 0.0813. The zero-order valence-electron chi connectivity index (χ0n) is 10.8. The SMILES string of the molecule is Cc1ccc(OCC(=O)Nc2ccc(Cl)cc2Cl)cc1. The van der Waals surface area contributed by atoms with Crippen LogP contribution in [-0.2, 0) is 4.79 Å². The first-order chi connectivity index (χ1) is 9.54. The number of amides is 1. The molecule has 0 atom stereocenters. The number of aryl methyl sites for hydroxylation is 1. The zero-order chi connectivity index (χ0) is 14.5. The van der Waals surface area contributed by atoms with Crippen LogP contribution in [0.2, 0.25) is 10.0 Å². The van der Waals surface area contributed by atoms with Gasteiger partial charge >= 0.3 is 0 Å². The maximum atomic E-state index is 11.8. The highest BCUT2D eigenvalue weighted by Crippen LogP contribution is 2.25. The Labute approximate surface area is 127 Å². The predicted octanol–water partition coefficient (Wildman–Crippen LogP) is 4.32. The summed E-state index contributed by atoms with van der Waals surface area (Å²) in [7, 11) is 0. The minimum Gasteiger partial charge on any atom is -0.484 e. The van der Waals surface area contributed by atoms with Crippen LogP contribution >= 0.6 is 23.2 Å². The van der Waals surface area contributed by atoms with Gasteiger partial charge in [0.2, 0.25) is 0 Å². The maximum Gasteiger partial charge on any atom is 0.262 e. The first kappa shape index (κ1) is 14.7. The molecule has 2 aromatic carbocycles. The lowest BCUT2D eigenvalue weighted by Gasteiger charge is -2.09. The van der Waals surface area contributed by atoms with Crippen molar-refractivity contribution >= 4 is 34.8 Å². The molecule has 3 nitrogen and oxygen atoms in total. The van der Waals surface area contributed by atoms with E-state index in [2.05, 4.69) is 5.32 Å². The third-order valence-corrected chi connectivity index (χ3v) is 3.14. The van der Waals surface area contributed by atoms with Crippen molar-refractivity contribution in [2.24, 2.45) is 0 Å². The quantitative estimate of drug-likeness (QED) is 0.913. The van der Waals surface area contributed by atoms with Gasteiger partial charge in [0.05, 0.1) is 10.7 Å². The van der Waals surface area contributed by atoms with Crippen LogP contribution < -0.4 is 10.1 Å². The fourth-order valence-electron chi connectivity index (χ4n) is 1.56. The molecule has 104 valence electrons.